The topological polar surface area (TPSA) is 0 Å². The lowest BCUT2D eigenvalue weighted by Gasteiger charge is -2.04. The van der Waals surface area contributed by atoms with Gasteiger partial charge in [0.05, 0.1) is 0 Å². The van der Waals surface area contributed by atoms with E-state index in [2.05, 4.69) is 23.7 Å². The largest absolute Gasteiger partial charge is 0.206 e. The van der Waals surface area contributed by atoms with Crippen LogP contribution in [-0.4, -0.2) is 0 Å². The third-order valence-corrected chi connectivity index (χ3v) is 4.23. The van der Waals surface area contributed by atoms with Crippen LogP contribution in [0.25, 0.3) is 11.1 Å². The van der Waals surface area contributed by atoms with Gasteiger partial charge in [0.1, 0.15) is 5.82 Å². The molecule has 0 bridgehead atoms. The third-order valence-electron chi connectivity index (χ3n) is 4.23. The maximum atomic E-state index is 14.5. The molecule has 3 aromatic rings. The van der Waals surface area contributed by atoms with Gasteiger partial charge in [0.25, 0.3) is 0 Å². The van der Waals surface area contributed by atoms with E-state index in [1.54, 1.807) is 6.07 Å². The minimum absolute atomic E-state index is 0.254. The third kappa shape index (κ3) is 5.10. The Morgan fingerprint density at radius 1 is 0.778 bits per heavy atom. The average molecular weight is 352 g/mol. The molecule has 0 saturated carbocycles. The van der Waals surface area contributed by atoms with Gasteiger partial charge in [0.15, 0.2) is 0 Å². The first-order chi connectivity index (χ1) is 13.2. The fourth-order valence-electron chi connectivity index (χ4n) is 2.70. The monoisotopic (exact) mass is 352 g/mol. The van der Waals surface area contributed by atoms with Crippen LogP contribution in [0.3, 0.4) is 0 Å². The molecule has 27 heavy (non-hydrogen) atoms. The first-order valence-corrected chi connectivity index (χ1v) is 9.09. The molecule has 0 heterocycles. The van der Waals surface area contributed by atoms with Gasteiger partial charge in [-0.2, -0.15) is 0 Å². The van der Waals surface area contributed by atoms with Gasteiger partial charge in [-0.1, -0.05) is 72.7 Å². The Balaban J connectivity index is 1.75. The van der Waals surface area contributed by atoms with E-state index in [4.69, 9.17) is 0 Å². The van der Waals surface area contributed by atoms with Crippen molar-refractivity contribution in [2.24, 2.45) is 0 Å². The molecule has 3 rings (SSSR count). The number of hydrogen-bond acceptors (Lipinski definition) is 0. The number of halogens is 1. The fourth-order valence-corrected chi connectivity index (χ4v) is 2.70. The number of rotatable bonds is 2. The van der Waals surface area contributed by atoms with Crippen LogP contribution in [0, 0.1) is 36.4 Å². The van der Waals surface area contributed by atoms with Crippen molar-refractivity contribution in [2.75, 3.05) is 0 Å². The molecule has 0 atom stereocenters. The minimum atomic E-state index is -0.254. The summed E-state index contributed by atoms with van der Waals surface area (Å²) in [6, 6.07) is 21.0. The molecule has 0 aliphatic heterocycles. The summed E-state index contributed by atoms with van der Waals surface area (Å²) in [6.07, 6.45) is 1.63. The van der Waals surface area contributed by atoms with E-state index in [9.17, 15) is 4.39 Å². The molecule has 0 aromatic heterocycles. The molecule has 1 heteroatoms. The van der Waals surface area contributed by atoms with Crippen molar-refractivity contribution in [3.05, 3.63) is 94.8 Å². The van der Waals surface area contributed by atoms with E-state index in [0.29, 0.717) is 11.1 Å². The first-order valence-electron chi connectivity index (χ1n) is 9.09. The van der Waals surface area contributed by atoms with Crippen molar-refractivity contribution in [1.82, 2.24) is 0 Å². The van der Waals surface area contributed by atoms with Crippen molar-refractivity contribution in [2.45, 2.75) is 26.7 Å². The highest BCUT2D eigenvalue weighted by Gasteiger charge is 2.05. The highest BCUT2D eigenvalue weighted by molar-refractivity contribution is 5.65. The van der Waals surface area contributed by atoms with Gasteiger partial charge < -0.3 is 0 Å². The van der Waals surface area contributed by atoms with Crippen LogP contribution in [0.5, 0.6) is 0 Å². The molecular weight excluding hydrogens is 331 g/mol. The summed E-state index contributed by atoms with van der Waals surface area (Å²) in [4.78, 5) is 0. The lowest BCUT2D eigenvalue weighted by molar-refractivity contribution is 0.631. The molecule has 0 nitrogen and oxygen atoms in total. The van der Waals surface area contributed by atoms with E-state index >= 15 is 0 Å². The molecule has 0 spiro atoms. The van der Waals surface area contributed by atoms with Gasteiger partial charge in [-0.3, -0.25) is 0 Å². The fraction of sp³-hybridized carbons (Fsp3) is 0.154. The van der Waals surface area contributed by atoms with Gasteiger partial charge in [-0.05, 0) is 42.3 Å². The summed E-state index contributed by atoms with van der Waals surface area (Å²) in [5, 5.41) is 0. The summed E-state index contributed by atoms with van der Waals surface area (Å²) >= 11 is 0. The Bertz CT molecular complexity index is 1030. The minimum Gasteiger partial charge on any atom is -0.206 e. The standard InChI is InChI=1S/C26H21F/c1-3-4-5-6-21-9-11-22(12-10-21)13-14-23-15-18-25(26(27)19-23)24-16-7-20(2)8-17-24/h7-12,15-19H,3,6H2,1-2H3. The van der Waals surface area contributed by atoms with Gasteiger partial charge in [0.2, 0.25) is 0 Å². The molecule has 3 aromatic carbocycles. The van der Waals surface area contributed by atoms with Crippen molar-refractivity contribution < 1.29 is 4.39 Å². The van der Waals surface area contributed by atoms with Crippen LogP contribution in [0.4, 0.5) is 4.39 Å². The van der Waals surface area contributed by atoms with Gasteiger partial charge in [0, 0.05) is 29.5 Å². The van der Waals surface area contributed by atoms with Crippen molar-refractivity contribution >= 4 is 0 Å². The molecule has 0 unspecified atom stereocenters. The molecule has 0 N–H and O–H groups in total. The van der Waals surface area contributed by atoms with Crippen LogP contribution < -0.4 is 0 Å². The summed E-state index contributed by atoms with van der Waals surface area (Å²) in [6.45, 7) is 4.06. The van der Waals surface area contributed by atoms with E-state index < -0.39 is 0 Å². The van der Waals surface area contributed by atoms with E-state index in [0.717, 1.165) is 29.5 Å². The lowest BCUT2D eigenvalue weighted by Crippen LogP contribution is -1.87. The Morgan fingerprint density at radius 2 is 1.44 bits per heavy atom. The summed E-state index contributed by atoms with van der Waals surface area (Å²) in [7, 11) is 0. The van der Waals surface area contributed by atoms with Crippen molar-refractivity contribution in [3.63, 3.8) is 0 Å². The van der Waals surface area contributed by atoms with E-state index in [1.165, 1.54) is 11.6 Å². The predicted molar refractivity (Wildman–Crippen MR) is 111 cm³/mol. The molecule has 0 fully saturated rings. The Hall–Kier alpha value is -3.29. The van der Waals surface area contributed by atoms with Crippen LogP contribution in [0.1, 0.15) is 35.6 Å². The second-order valence-corrected chi connectivity index (χ2v) is 6.39. The van der Waals surface area contributed by atoms with Gasteiger partial charge in [-0.25, -0.2) is 4.39 Å². The van der Waals surface area contributed by atoms with Gasteiger partial charge >= 0.3 is 0 Å². The second-order valence-electron chi connectivity index (χ2n) is 6.39. The van der Waals surface area contributed by atoms with Crippen molar-refractivity contribution in [1.29, 1.82) is 0 Å². The molecular formula is C26H21F. The maximum Gasteiger partial charge on any atom is 0.132 e. The summed E-state index contributed by atoms with van der Waals surface area (Å²) in [5.74, 6) is 12.1. The predicted octanol–water partition coefficient (Wildman–Crippen LogP) is 6.16. The van der Waals surface area contributed by atoms with Crippen LogP contribution in [0.15, 0.2) is 66.7 Å². The molecule has 0 aliphatic rings. The van der Waals surface area contributed by atoms with Crippen LogP contribution in [0.2, 0.25) is 0 Å². The number of benzene rings is 3. The van der Waals surface area contributed by atoms with Gasteiger partial charge in [-0.15, -0.1) is 5.92 Å². The normalized spacial score (nSPS) is 9.74. The average Bonchev–Trinajstić information content (AvgIpc) is 2.68. The molecule has 0 saturated heterocycles. The smallest absolute Gasteiger partial charge is 0.132 e. The molecule has 0 radical (unpaired) electrons. The number of hydrogen-bond donors (Lipinski definition) is 0. The van der Waals surface area contributed by atoms with Crippen LogP contribution >= 0.6 is 0 Å². The highest BCUT2D eigenvalue weighted by Crippen LogP contribution is 2.23. The second kappa shape index (κ2) is 8.88. The molecule has 132 valence electrons. The SMILES string of the molecule is CCC#CCc1ccc(C#Cc2ccc(-c3ccc(C)cc3)c(F)c2)cc1. The zero-order valence-electron chi connectivity index (χ0n) is 15.6. The quantitative estimate of drug-likeness (QED) is 0.485. The highest BCUT2D eigenvalue weighted by atomic mass is 19.1. The summed E-state index contributed by atoms with van der Waals surface area (Å²) < 4.78 is 14.5. The van der Waals surface area contributed by atoms with E-state index in [-0.39, 0.29) is 5.82 Å². The Morgan fingerprint density at radius 3 is 2.11 bits per heavy atom. The maximum absolute atomic E-state index is 14.5. The summed E-state index contributed by atoms with van der Waals surface area (Å²) in [5.41, 5.74) is 5.38. The van der Waals surface area contributed by atoms with Crippen LogP contribution in [-0.2, 0) is 6.42 Å². The Kier molecular flexibility index (Phi) is 6.09. The molecule has 0 aliphatic carbocycles. The van der Waals surface area contributed by atoms with E-state index in [1.807, 2.05) is 68.4 Å². The lowest BCUT2D eigenvalue weighted by atomic mass is 10.0. The zero-order valence-corrected chi connectivity index (χ0v) is 15.6. The van der Waals surface area contributed by atoms with Crippen molar-refractivity contribution in [3.8, 4) is 34.8 Å². The first kappa shape index (κ1) is 18.5. The zero-order chi connectivity index (χ0) is 19.1. The number of aryl methyl sites for hydroxylation is 1. The Labute approximate surface area is 161 Å². The molecule has 0 amide bonds.